The number of amides is 2. The summed E-state index contributed by atoms with van der Waals surface area (Å²) in [6.07, 6.45) is 4.17. The summed E-state index contributed by atoms with van der Waals surface area (Å²) >= 11 is 0. The SMILES string of the molecule is O=C1CCC2(CN(C(=O)C3=Cc4ccccc4C3)C2)N1. The van der Waals surface area contributed by atoms with E-state index in [0.29, 0.717) is 19.5 Å². The van der Waals surface area contributed by atoms with Crippen molar-refractivity contribution in [2.24, 2.45) is 0 Å². The molecule has 4 heteroatoms. The minimum atomic E-state index is -0.126. The van der Waals surface area contributed by atoms with Crippen molar-refractivity contribution in [1.82, 2.24) is 10.2 Å². The number of hydrogen-bond donors (Lipinski definition) is 1. The van der Waals surface area contributed by atoms with Crippen LogP contribution in [0.4, 0.5) is 0 Å². The molecule has 0 unspecified atom stereocenters. The first-order valence-corrected chi connectivity index (χ1v) is 7.04. The van der Waals surface area contributed by atoms with Gasteiger partial charge in [-0.2, -0.15) is 0 Å². The van der Waals surface area contributed by atoms with Crippen LogP contribution in [0.15, 0.2) is 29.8 Å². The summed E-state index contributed by atoms with van der Waals surface area (Å²) in [5, 5.41) is 3.01. The molecule has 0 atom stereocenters. The predicted octanol–water partition coefficient (Wildman–Crippen LogP) is 1.12. The van der Waals surface area contributed by atoms with Gasteiger partial charge in [-0.15, -0.1) is 0 Å². The van der Waals surface area contributed by atoms with Gasteiger partial charge in [-0.25, -0.2) is 0 Å². The highest BCUT2D eigenvalue weighted by Gasteiger charge is 2.49. The van der Waals surface area contributed by atoms with Gasteiger partial charge >= 0.3 is 0 Å². The van der Waals surface area contributed by atoms with Crippen molar-refractivity contribution in [2.75, 3.05) is 13.1 Å². The Kier molecular flexibility index (Phi) is 2.31. The molecule has 20 heavy (non-hydrogen) atoms. The first-order valence-electron chi connectivity index (χ1n) is 7.04. The van der Waals surface area contributed by atoms with E-state index in [-0.39, 0.29) is 17.4 Å². The minimum Gasteiger partial charge on any atom is -0.347 e. The lowest BCUT2D eigenvalue weighted by Gasteiger charge is -2.47. The van der Waals surface area contributed by atoms with Gasteiger partial charge in [0.25, 0.3) is 0 Å². The fraction of sp³-hybridized carbons (Fsp3) is 0.375. The van der Waals surface area contributed by atoms with Crippen molar-refractivity contribution in [3.05, 3.63) is 41.0 Å². The Morgan fingerprint density at radius 3 is 2.75 bits per heavy atom. The van der Waals surface area contributed by atoms with Crippen LogP contribution >= 0.6 is 0 Å². The average Bonchev–Trinajstić information content (AvgIpc) is 2.99. The molecule has 1 N–H and O–H groups in total. The van der Waals surface area contributed by atoms with Crippen LogP contribution < -0.4 is 5.32 Å². The number of benzene rings is 1. The molecule has 0 saturated carbocycles. The monoisotopic (exact) mass is 268 g/mol. The molecule has 0 radical (unpaired) electrons. The van der Waals surface area contributed by atoms with Gasteiger partial charge in [0.05, 0.1) is 5.54 Å². The predicted molar refractivity (Wildman–Crippen MR) is 74.8 cm³/mol. The number of rotatable bonds is 1. The number of carbonyl (C=O) groups is 2. The lowest BCUT2D eigenvalue weighted by molar-refractivity contribution is -0.136. The molecular formula is C16H16N2O2. The zero-order valence-electron chi connectivity index (χ0n) is 11.2. The molecule has 1 aliphatic carbocycles. The highest BCUT2D eigenvalue weighted by molar-refractivity contribution is 6.01. The zero-order chi connectivity index (χ0) is 13.7. The molecule has 1 aromatic carbocycles. The largest absolute Gasteiger partial charge is 0.347 e. The van der Waals surface area contributed by atoms with Gasteiger partial charge in [0.1, 0.15) is 0 Å². The van der Waals surface area contributed by atoms with Crippen LogP contribution in [0, 0.1) is 0 Å². The quantitative estimate of drug-likeness (QED) is 0.829. The second-order valence-electron chi connectivity index (χ2n) is 6.03. The smallest absolute Gasteiger partial charge is 0.250 e. The third-order valence-electron chi connectivity index (χ3n) is 4.55. The van der Waals surface area contributed by atoms with Crippen molar-refractivity contribution < 1.29 is 9.59 Å². The lowest BCUT2D eigenvalue weighted by Crippen LogP contribution is -2.68. The van der Waals surface area contributed by atoms with Crippen molar-refractivity contribution in [3.8, 4) is 0 Å². The Labute approximate surface area is 117 Å². The summed E-state index contributed by atoms with van der Waals surface area (Å²) < 4.78 is 0. The molecule has 1 aromatic rings. The maximum absolute atomic E-state index is 12.5. The van der Waals surface area contributed by atoms with Gasteiger partial charge in [-0.1, -0.05) is 24.3 Å². The normalized spacial score (nSPS) is 22.3. The molecule has 2 heterocycles. The Bertz CT molecular complexity index is 642. The summed E-state index contributed by atoms with van der Waals surface area (Å²) in [7, 11) is 0. The number of nitrogens with zero attached hydrogens (tertiary/aromatic N) is 1. The zero-order valence-corrected chi connectivity index (χ0v) is 11.2. The first kappa shape index (κ1) is 11.7. The van der Waals surface area contributed by atoms with Gasteiger partial charge in [0, 0.05) is 31.5 Å². The fourth-order valence-corrected chi connectivity index (χ4v) is 3.46. The topological polar surface area (TPSA) is 49.4 Å². The molecule has 102 valence electrons. The molecule has 2 amide bonds. The molecule has 0 aromatic heterocycles. The van der Waals surface area contributed by atoms with Gasteiger partial charge in [0.15, 0.2) is 0 Å². The molecule has 1 spiro atoms. The number of nitrogens with one attached hydrogen (secondary N) is 1. The van der Waals surface area contributed by atoms with Crippen molar-refractivity contribution in [2.45, 2.75) is 24.8 Å². The van der Waals surface area contributed by atoms with E-state index < -0.39 is 0 Å². The van der Waals surface area contributed by atoms with Crippen molar-refractivity contribution in [1.29, 1.82) is 0 Å². The van der Waals surface area contributed by atoms with E-state index in [0.717, 1.165) is 24.0 Å². The van der Waals surface area contributed by atoms with Gasteiger partial charge in [0.2, 0.25) is 11.8 Å². The summed E-state index contributed by atoms with van der Waals surface area (Å²) in [5.41, 5.74) is 3.12. The van der Waals surface area contributed by atoms with Gasteiger partial charge in [-0.05, 0) is 23.6 Å². The third kappa shape index (κ3) is 1.68. The van der Waals surface area contributed by atoms with Crippen LogP contribution in [-0.4, -0.2) is 35.3 Å². The van der Waals surface area contributed by atoms with E-state index in [1.54, 1.807) is 0 Å². The lowest BCUT2D eigenvalue weighted by atomic mass is 9.87. The maximum atomic E-state index is 12.5. The van der Waals surface area contributed by atoms with Crippen LogP contribution in [0.3, 0.4) is 0 Å². The van der Waals surface area contributed by atoms with Crippen molar-refractivity contribution >= 4 is 17.9 Å². The molecule has 4 nitrogen and oxygen atoms in total. The van der Waals surface area contributed by atoms with E-state index in [1.807, 2.05) is 29.2 Å². The molecule has 3 aliphatic rings. The minimum absolute atomic E-state index is 0.115. The molecule has 2 aliphatic heterocycles. The molecule has 4 rings (SSSR count). The molecule has 2 fully saturated rings. The second-order valence-corrected chi connectivity index (χ2v) is 6.03. The highest BCUT2D eigenvalue weighted by atomic mass is 16.2. The van der Waals surface area contributed by atoms with E-state index in [1.165, 1.54) is 5.56 Å². The van der Waals surface area contributed by atoms with E-state index in [2.05, 4.69) is 11.4 Å². The number of hydrogen-bond acceptors (Lipinski definition) is 2. The van der Waals surface area contributed by atoms with E-state index in [4.69, 9.17) is 0 Å². The van der Waals surface area contributed by atoms with Crippen LogP contribution in [0.25, 0.3) is 6.08 Å². The summed E-state index contributed by atoms with van der Waals surface area (Å²) in [6.45, 7) is 1.32. The molecular weight excluding hydrogens is 252 g/mol. The van der Waals surface area contributed by atoms with Crippen LogP contribution in [-0.2, 0) is 16.0 Å². The standard InChI is InChI=1S/C16H16N2O2/c19-14-5-6-16(17-14)9-18(10-16)15(20)13-7-11-3-1-2-4-12(11)8-13/h1-4,7H,5-6,8-10H2,(H,17,19). The molecule has 2 saturated heterocycles. The summed E-state index contributed by atoms with van der Waals surface area (Å²) in [6, 6.07) is 8.12. The second kappa shape index (κ2) is 3.95. The van der Waals surface area contributed by atoms with Crippen LogP contribution in [0.2, 0.25) is 0 Å². The van der Waals surface area contributed by atoms with E-state index in [9.17, 15) is 9.59 Å². The van der Waals surface area contributed by atoms with Crippen molar-refractivity contribution in [3.63, 3.8) is 0 Å². The third-order valence-corrected chi connectivity index (χ3v) is 4.55. The van der Waals surface area contributed by atoms with Crippen LogP contribution in [0.1, 0.15) is 24.0 Å². The highest BCUT2D eigenvalue weighted by Crippen LogP contribution is 2.33. The number of fused-ring (bicyclic) bond motifs is 1. The Balaban J connectivity index is 1.45. The van der Waals surface area contributed by atoms with Crippen LogP contribution in [0.5, 0.6) is 0 Å². The number of carbonyl (C=O) groups excluding carboxylic acids is 2. The summed E-state index contributed by atoms with van der Waals surface area (Å²) in [4.78, 5) is 25.6. The fourth-order valence-electron chi connectivity index (χ4n) is 3.46. The van der Waals surface area contributed by atoms with E-state index >= 15 is 0 Å². The number of likely N-dealkylation sites (tertiary alicyclic amines) is 1. The Hall–Kier alpha value is -2.10. The average molecular weight is 268 g/mol. The Morgan fingerprint density at radius 1 is 1.25 bits per heavy atom. The summed E-state index contributed by atoms with van der Waals surface area (Å²) in [5.74, 6) is 0.234. The first-order chi connectivity index (χ1) is 9.65. The Morgan fingerprint density at radius 2 is 2.05 bits per heavy atom. The molecule has 0 bridgehead atoms. The van der Waals surface area contributed by atoms with Gasteiger partial charge in [-0.3, -0.25) is 9.59 Å². The maximum Gasteiger partial charge on any atom is 0.250 e. The van der Waals surface area contributed by atoms with Gasteiger partial charge < -0.3 is 10.2 Å².